The van der Waals surface area contributed by atoms with Crippen molar-refractivity contribution in [1.82, 2.24) is 15.3 Å². The normalized spacial score (nSPS) is 12.3. The molecule has 0 radical (unpaired) electrons. The monoisotopic (exact) mass is 337 g/mol. The maximum absolute atomic E-state index is 13.6. The highest BCUT2D eigenvalue weighted by molar-refractivity contribution is 9.10. The van der Waals surface area contributed by atoms with Gasteiger partial charge in [-0.1, -0.05) is 19.1 Å². The molecular weight excluding hydrogens is 321 g/mol. The fraction of sp³-hybridized carbons (Fsp3) is 0.333. The van der Waals surface area contributed by atoms with Crippen molar-refractivity contribution in [3.8, 4) is 0 Å². The summed E-state index contributed by atoms with van der Waals surface area (Å²) in [7, 11) is 0. The Morgan fingerprint density at radius 2 is 2.00 bits per heavy atom. The van der Waals surface area contributed by atoms with Gasteiger partial charge in [0, 0.05) is 12.4 Å². The molecule has 2 aromatic rings. The van der Waals surface area contributed by atoms with Gasteiger partial charge in [-0.25, -0.2) is 14.4 Å². The molecule has 0 saturated carbocycles. The van der Waals surface area contributed by atoms with Crippen molar-refractivity contribution in [2.45, 2.75) is 25.8 Å². The molecule has 0 aliphatic heterocycles. The smallest absolute Gasteiger partial charge is 0.145 e. The van der Waals surface area contributed by atoms with E-state index in [0.717, 1.165) is 24.4 Å². The molecule has 1 atom stereocenters. The zero-order valence-corrected chi connectivity index (χ0v) is 12.9. The summed E-state index contributed by atoms with van der Waals surface area (Å²) in [5.41, 5.74) is 0.908. The largest absolute Gasteiger partial charge is 0.307 e. The fourth-order valence-electron chi connectivity index (χ4n) is 1.99. The first-order chi connectivity index (χ1) is 9.72. The van der Waals surface area contributed by atoms with Gasteiger partial charge in [0.1, 0.15) is 11.6 Å². The predicted octanol–water partition coefficient (Wildman–Crippen LogP) is 3.66. The lowest BCUT2D eigenvalue weighted by Gasteiger charge is -2.18. The van der Waals surface area contributed by atoms with Crippen molar-refractivity contribution in [2.24, 2.45) is 0 Å². The first-order valence-corrected chi connectivity index (χ1v) is 7.45. The van der Waals surface area contributed by atoms with Crippen molar-refractivity contribution < 1.29 is 4.39 Å². The van der Waals surface area contributed by atoms with E-state index in [0.29, 0.717) is 10.9 Å². The van der Waals surface area contributed by atoms with Crippen LogP contribution < -0.4 is 5.32 Å². The third-order valence-corrected chi connectivity index (χ3v) is 3.88. The molecule has 20 heavy (non-hydrogen) atoms. The SMILES string of the molecule is CCCNC(Cc1cccc(F)c1Br)c1ncccn1. The fourth-order valence-corrected chi connectivity index (χ4v) is 2.42. The van der Waals surface area contributed by atoms with Crippen LogP contribution in [-0.2, 0) is 6.42 Å². The quantitative estimate of drug-likeness (QED) is 0.873. The molecule has 1 unspecified atom stereocenters. The van der Waals surface area contributed by atoms with Gasteiger partial charge in [-0.2, -0.15) is 0 Å². The minimum Gasteiger partial charge on any atom is -0.307 e. The van der Waals surface area contributed by atoms with Crippen LogP contribution in [0.2, 0.25) is 0 Å². The second-order valence-corrected chi connectivity index (χ2v) is 5.32. The van der Waals surface area contributed by atoms with Crippen molar-refractivity contribution >= 4 is 15.9 Å². The molecule has 1 aromatic carbocycles. The molecule has 1 aromatic heterocycles. The average molecular weight is 338 g/mol. The maximum Gasteiger partial charge on any atom is 0.145 e. The molecule has 106 valence electrons. The average Bonchev–Trinajstić information content (AvgIpc) is 2.48. The van der Waals surface area contributed by atoms with E-state index in [1.165, 1.54) is 6.07 Å². The van der Waals surface area contributed by atoms with E-state index in [2.05, 4.69) is 38.1 Å². The maximum atomic E-state index is 13.6. The van der Waals surface area contributed by atoms with E-state index in [-0.39, 0.29) is 11.9 Å². The van der Waals surface area contributed by atoms with Gasteiger partial charge in [-0.3, -0.25) is 0 Å². The molecule has 1 N–H and O–H groups in total. The summed E-state index contributed by atoms with van der Waals surface area (Å²) in [6.45, 7) is 2.98. The lowest BCUT2D eigenvalue weighted by atomic mass is 10.0. The molecule has 3 nitrogen and oxygen atoms in total. The summed E-state index contributed by atoms with van der Waals surface area (Å²) < 4.78 is 14.1. The highest BCUT2D eigenvalue weighted by Crippen LogP contribution is 2.24. The van der Waals surface area contributed by atoms with Crippen molar-refractivity contribution in [3.63, 3.8) is 0 Å². The number of nitrogens with zero attached hydrogens (tertiary/aromatic N) is 2. The Morgan fingerprint density at radius 3 is 2.70 bits per heavy atom. The highest BCUT2D eigenvalue weighted by Gasteiger charge is 2.16. The van der Waals surface area contributed by atoms with Crippen LogP contribution in [0.15, 0.2) is 41.1 Å². The summed E-state index contributed by atoms with van der Waals surface area (Å²) in [5.74, 6) is 0.489. The van der Waals surface area contributed by atoms with Crippen LogP contribution in [0.5, 0.6) is 0 Å². The molecule has 0 amide bonds. The summed E-state index contributed by atoms with van der Waals surface area (Å²) in [5, 5.41) is 3.41. The number of halogens is 2. The summed E-state index contributed by atoms with van der Waals surface area (Å²) in [6, 6.07) is 6.85. The van der Waals surface area contributed by atoms with Crippen LogP contribution in [0.25, 0.3) is 0 Å². The Balaban J connectivity index is 2.21. The zero-order chi connectivity index (χ0) is 14.4. The Bertz CT molecular complexity index is 548. The second-order valence-electron chi connectivity index (χ2n) is 4.53. The molecule has 0 spiro atoms. The molecule has 1 heterocycles. The summed E-state index contributed by atoms with van der Waals surface area (Å²) >= 11 is 3.31. The Hall–Kier alpha value is -1.33. The van der Waals surface area contributed by atoms with Crippen LogP contribution >= 0.6 is 15.9 Å². The molecule has 5 heteroatoms. The topological polar surface area (TPSA) is 37.8 Å². The van der Waals surface area contributed by atoms with E-state index < -0.39 is 0 Å². The first-order valence-electron chi connectivity index (χ1n) is 6.65. The molecule has 0 bridgehead atoms. The standard InChI is InChI=1S/C15H17BrFN3/c1-2-7-18-13(15-19-8-4-9-20-15)10-11-5-3-6-12(17)14(11)16/h3-6,8-9,13,18H,2,7,10H2,1H3. The number of hydrogen-bond donors (Lipinski definition) is 1. The predicted molar refractivity (Wildman–Crippen MR) is 80.9 cm³/mol. The van der Waals surface area contributed by atoms with Crippen molar-refractivity contribution in [2.75, 3.05) is 6.54 Å². The summed E-state index contributed by atoms with van der Waals surface area (Å²) in [4.78, 5) is 8.60. The van der Waals surface area contributed by atoms with Gasteiger partial charge in [0.05, 0.1) is 10.5 Å². The van der Waals surface area contributed by atoms with Gasteiger partial charge in [-0.15, -0.1) is 0 Å². The first kappa shape index (κ1) is 15.1. The van der Waals surface area contributed by atoms with Gasteiger partial charge in [0.2, 0.25) is 0 Å². The third kappa shape index (κ3) is 3.84. The Labute approximate surface area is 126 Å². The Morgan fingerprint density at radius 1 is 1.25 bits per heavy atom. The van der Waals surface area contributed by atoms with E-state index in [4.69, 9.17) is 0 Å². The number of aromatic nitrogens is 2. The molecule has 2 rings (SSSR count). The lowest BCUT2D eigenvalue weighted by molar-refractivity contribution is 0.501. The van der Waals surface area contributed by atoms with Crippen molar-refractivity contribution in [3.05, 3.63) is 58.3 Å². The van der Waals surface area contributed by atoms with Crippen LogP contribution in [-0.4, -0.2) is 16.5 Å². The number of rotatable bonds is 6. The molecular formula is C15H17BrFN3. The summed E-state index contributed by atoms with van der Waals surface area (Å²) in [6.07, 6.45) is 5.11. The van der Waals surface area contributed by atoms with Gasteiger partial charge in [0.25, 0.3) is 0 Å². The van der Waals surface area contributed by atoms with Gasteiger partial charge < -0.3 is 5.32 Å². The lowest BCUT2D eigenvalue weighted by Crippen LogP contribution is -2.26. The molecule has 0 aliphatic carbocycles. The van der Waals surface area contributed by atoms with Crippen molar-refractivity contribution in [1.29, 1.82) is 0 Å². The number of hydrogen-bond acceptors (Lipinski definition) is 3. The van der Waals surface area contributed by atoms with Gasteiger partial charge in [0.15, 0.2) is 0 Å². The minimum atomic E-state index is -0.245. The van der Waals surface area contributed by atoms with E-state index >= 15 is 0 Å². The third-order valence-electron chi connectivity index (χ3n) is 2.99. The van der Waals surface area contributed by atoms with E-state index in [9.17, 15) is 4.39 Å². The van der Waals surface area contributed by atoms with Crippen LogP contribution in [0.4, 0.5) is 4.39 Å². The van der Waals surface area contributed by atoms with Gasteiger partial charge in [-0.05, 0) is 53.0 Å². The Kier molecular flexibility index (Phi) is 5.61. The minimum absolute atomic E-state index is 0.0192. The number of benzene rings is 1. The van der Waals surface area contributed by atoms with Crippen LogP contribution in [0.3, 0.4) is 0 Å². The van der Waals surface area contributed by atoms with Crippen LogP contribution in [0.1, 0.15) is 30.8 Å². The van der Waals surface area contributed by atoms with Crippen LogP contribution in [0, 0.1) is 5.82 Å². The molecule has 0 fully saturated rings. The van der Waals surface area contributed by atoms with E-state index in [1.54, 1.807) is 24.5 Å². The molecule has 0 saturated heterocycles. The molecule has 0 aliphatic rings. The number of nitrogens with one attached hydrogen (secondary N) is 1. The van der Waals surface area contributed by atoms with E-state index in [1.807, 2.05) is 6.07 Å². The second kappa shape index (κ2) is 7.45. The van der Waals surface area contributed by atoms with Gasteiger partial charge >= 0.3 is 0 Å². The zero-order valence-electron chi connectivity index (χ0n) is 11.3. The highest BCUT2D eigenvalue weighted by atomic mass is 79.9.